The number of carbonyl (C=O) groups is 1. The molecule has 1 fully saturated rings. The molecule has 0 saturated carbocycles. The molecule has 0 radical (unpaired) electrons. The Morgan fingerprint density at radius 1 is 1.64 bits per heavy atom. The largest absolute Gasteiger partial charge is 0.391 e. The van der Waals surface area contributed by atoms with E-state index >= 15 is 0 Å². The monoisotopic (exact) mass is 200 g/mol. The summed E-state index contributed by atoms with van der Waals surface area (Å²) in [6.07, 6.45) is 1.39. The van der Waals surface area contributed by atoms with E-state index in [4.69, 9.17) is 0 Å². The van der Waals surface area contributed by atoms with E-state index in [0.29, 0.717) is 0 Å². The fourth-order valence-corrected chi connectivity index (χ4v) is 1.42. The van der Waals surface area contributed by atoms with Crippen LogP contribution in [0.25, 0.3) is 0 Å². The van der Waals surface area contributed by atoms with Gasteiger partial charge >= 0.3 is 0 Å². The van der Waals surface area contributed by atoms with Crippen molar-refractivity contribution in [3.8, 4) is 0 Å². The van der Waals surface area contributed by atoms with Crippen LogP contribution in [0.1, 0.15) is 33.6 Å². The van der Waals surface area contributed by atoms with Crippen molar-refractivity contribution in [2.24, 2.45) is 0 Å². The highest BCUT2D eigenvalue weighted by atomic mass is 16.3. The van der Waals surface area contributed by atoms with Crippen molar-refractivity contribution in [3.63, 3.8) is 0 Å². The van der Waals surface area contributed by atoms with Crippen molar-refractivity contribution in [3.05, 3.63) is 0 Å². The van der Waals surface area contributed by atoms with E-state index in [-0.39, 0.29) is 11.9 Å². The first kappa shape index (κ1) is 11.5. The van der Waals surface area contributed by atoms with Crippen LogP contribution in [-0.2, 0) is 4.79 Å². The van der Waals surface area contributed by atoms with E-state index in [1.165, 1.54) is 0 Å². The molecule has 0 spiro atoms. The highest BCUT2D eigenvalue weighted by Crippen LogP contribution is 2.11. The molecule has 1 rings (SSSR count). The van der Waals surface area contributed by atoms with E-state index in [1.807, 2.05) is 13.8 Å². The second-order valence-corrected chi connectivity index (χ2v) is 4.54. The minimum atomic E-state index is -0.554. The number of nitrogens with one attached hydrogen (secondary N) is 2. The zero-order valence-electron chi connectivity index (χ0n) is 9.13. The fraction of sp³-hybridized carbons (Fsp3) is 0.900. The first-order valence-corrected chi connectivity index (χ1v) is 5.17. The molecule has 3 N–H and O–H groups in total. The molecule has 0 aromatic carbocycles. The Hall–Kier alpha value is -0.610. The van der Waals surface area contributed by atoms with Gasteiger partial charge in [-0.2, -0.15) is 0 Å². The third-order valence-corrected chi connectivity index (χ3v) is 2.87. The Kier molecular flexibility index (Phi) is 3.50. The third-order valence-electron chi connectivity index (χ3n) is 2.87. The third kappa shape index (κ3) is 2.69. The van der Waals surface area contributed by atoms with Crippen LogP contribution < -0.4 is 10.6 Å². The minimum absolute atomic E-state index is 0.00611. The molecule has 0 aromatic heterocycles. The molecule has 1 aliphatic rings. The topological polar surface area (TPSA) is 61.4 Å². The summed E-state index contributed by atoms with van der Waals surface area (Å²) >= 11 is 0. The molecule has 1 saturated heterocycles. The lowest BCUT2D eigenvalue weighted by atomic mass is 9.98. The molecule has 2 unspecified atom stereocenters. The summed E-state index contributed by atoms with van der Waals surface area (Å²) < 4.78 is 0. The number of rotatable bonds is 3. The van der Waals surface area contributed by atoms with Crippen molar-refractivity contribution in [2.45, 2.75) is 51.3 Å². The molecule has 4 heteroatoms. The molecule has 4 nitrogen and oxygen atoms in total. The maximum Gasteiger partial charge on any atom is 0.237 e. The zero-order chi connectivity index (χ0) is 10.8. The van der Waals surface area contributed by atoms with Gasteiger partial charge in [0.2, 0.25) is 5.91 Å². The Balaban J connectivity index is 2.46. The Morgan fingerprint density at radius 3 is 2.71 bits per heavy atom. The summed E-state index contributed by atoms with van der Waals surface area (Å²) in [5, 5.41) is 15.4. The van der Waals surface area contributed by atoms with Crippen molar-refractivity contribution in [1.29, 1.82) is 0 Å². The van der Waals surface area contributed by atoms with Gasteiger partial charge < -0.3 is 15.7 Å². The van der Waals surface area contributed by atoms with Crippen LogP contribution in [0.15, 0.2) is 0 Å². The molecular weight excluding hydrogens is 180 g/mol. The normalized spacial score (nSPS) is 24.7. The van der Waals surface area contributed by atoms with Crippen molar-refractivity contribution in [1.82, 2.24) is 10.6 Å². The van der Waals surface area contributed by atoms with Crippen LogP contribution in [0.2, 0.25) is 0 Å². The van der Waals surface area contributed by atoms with Gasteiger partial charge in [-0.15, -0.1) is 0 Å². The molecule has 1 heterocycles. The predicted molar refractivity (Wildman–Crippen MR) is 54.9 cm³/mol. The predicted octanol–water partition coefficient (Wildman–Crippen LogP) is 0.0140. The van der Waals surface area contributed by atoms with Gasteiger partial charge in [-0.1, -0.05) is 0 Å². The lowest BCUT2D eigenvalue weighted by Crippen LogP contribution is -2.55. The van der Waals surface area contributed by atoms with Crippen LogP contribution in [-0.4, -0.2) is 35.2 Å². The summed E-state index contributed by atoms with van der Waals surface area (Å²) in [5.74, 6) is -0.00611. The molecule has 1 amide bonds. The average Bonchev–Trinajstić information content (AvgIpc) is 2.54. The average molecular weight is 200 g/mol. The molecular formula is C10H20N2O2. The lowest BCUT2D eigenvalue weighted by molar-refractivity contribution is -0.125. The van der Waals surface area contributed by atoms with Gasteiger partial charge in [-0.3, -0.25) is 4.79 Å². The van der Waals surface area contributed by atoms with Crippen LogP contribution in [0.4, 0.5) is 0 Å². The van der Waals surface area contributed by atoms with Crippen molar-refractivity contribution in [2.75, 3.05) is 6.54 Å². The van der Waals surface area contributed by atoms with E-state index in [1.54, 1.807) is 6.92 Å². The Bertz CT molecular complexity index is 208. The Morgan fingerprint density at radius 2 is 2.29 bits per heavy atom. The van der Waals surface area contributed by atoms with Crippen LogP contribution in [0.3, 0.4) is 0 Å². The second kappa shape index (κ2) is 4.28. The molecule has 2 atom stereocenters. The standard InChI is InChI=1S/C10H20N2O2/c1-7(13)10(2,3)12-9(14)8-5-4-6-11-8/h7-8,11,13H,4-6H2,1-3H3,(H,12,14). The molecule has 1 aliphatic heterocycles. The molecule has 0 aromatic rings. The molecule has 0 aliphatic carbocycles. The number of carbonyl (C=O) groups excluding carboxylic acids is 1. The van der Waals surface area contributed by atoms with Gasteiger partial charge in [0.05, 0.1) is 17.7 Å². The summed E-state index contributed by atoms with van der Waals surface area (Å²) in [4.78, 5) is 11.7. The highest BCUT2D eigenvalue weighted by Gasteiger charge is 2.30. The summed E-state index contributed by atoms with van der Waals surface area (Å²) in [5.41, 5.74) is -0.554. The van der Waals surface area contributed by atoms with Crippen LogP contribution >= 0.6 is 0 Å². The first-order valence-electron chi connectivity index (χ1n) is 5.17. The molecule has 14 heavy (non-hydrogen) atoms. The number of aliphatic hydroxyl groups excluding tert-OH is 1. The quantitative estimate of drug-likeness (QED) is 0.601. The zero-order valence-corrected chi connectivity index (χ0v) is 9.13. The number of aliphatic hydroxyl groups is 1. The fourth-order valence-electron chi connectivity index (χ4n) is 1.42. The van der Waals surface area contributed by atoms with Gasteiger partial charge in [-0.05, 0) is 40.2 Å². The summed E-state index contributed by atoms with van der Waals surface area (Å²) in [7, 11) is 0. The smallest absolute Gasteiger partial charge is 0.237 e. The number of hydrogen-bond donors (Lipinski definition) is 3. The van der Waals surface area contributed by atoms with E-state index in [2.05, 4.69) is 10.6 Å². The van der Waals surface area contributed by atoms with Gasteiger partial charge in [0.15, 0.2) is 0 Å². The van der Waals surface area contributed by atoms with Gasteiger partial charge in [0, 0.05) is 0 Å². The maximum atomic E-state index is 11.7. The highest BCUT2D eigenvalue weighted by molar-refractivity contribution is 5.82. The van der Waals surface area contributed by atoms with Crippen LogP contribution in [0.5, 0.6) is 0 Å². The number of hydrogen-bond acceptors (Lipinski definition) is 3. The van der Waals surface area contributed by atoms with Crippen molar-refractivity contribution >= 4 is 5.91 Å². The Labute approximate surface area is 85.1 Å². The van der Waals surface area contributed by atoms with Crippen LogP contribution in [0, 0.1) is 0 Å². The molecule has 0 bridgehead atoms. The molecule has 82 valence electrons. The van der Waals surface area contributed by atoms with Gasteiger partial charge in [-0.25, -0.2) is 0 Å². The van der Waals surface area contributed by atoms with E-state index in [0.717, 1.165) is 19.4 Å². The second-order valence-electron chi connectivity index (χ2n) is 4.54. The van der Waals surface area contributed by atoms with E-state index < -0.39 is 11.6 Å². The van der Waals surface area contributed by atoms with Gasteiger partial charge in [0.1, 0.15) is 0 Å². The van der Waals surface area contributed by atoms with E-state index in [9.17, 15) is 9.90 Å². The minimum Gasteiger partial charge on any atom is -0.391 e. The summed E-state index contributed by atoms with van der Waals surface area (Å²) in [6, 6.07) is -0.0759. The number of amides is 1. The maximum absolute atomic E-state index is 11.7. The first-order chi connectivity index (χ1) is 6.43. The van der Waals surface area contributed by atoms with Gasteiger partial charge in [0.25, 0.3) is 0 Å². The SMILES string of the molecule is CC(O)C(C)(C)NC(=O)C1CCCN1. The van der Waals surface area contributed by atoms with Crippen molar-refractivity contribution < 1.29 is 9.90 Å². The lowest BCUT2D eigenvalue weighted by Gasteiger charge is -2.30. The summed E-state index contributed by atoms with van der Waals surface area (Å²) in [6.45, 7) is 6.24.